The Balaban J connectivity index is 2.61. The van der Waals surface area contributed by atoms with Crippen LogP contribution in [0.4, 0.5) is 0 Å². The summed E-state index contributed by atoms with van der Waals surface area (Å²) in [6, 6.07) is 3.16. The maximum Gasteiger partial charge on any atom is 0.337 e. The standard InChI is InChI=1S/C10H8Cl2N2O2/c1-16-10(15)5-2-6(12)9-7(3-5)13-8(4-11)14-9/h2-3H,4H2,1H3,(H,13,14). The highest BCUT2D eigenvalue weighted by molar-refractivity contribution is 6.35. The van der Waals surface area contributed by atoms with E-state index in [0.29, 0.717) is 27.4 Å². The van der Waals surface area contributed by atoms with E-state index >= 15 is 0 Å². The molecule has 0 unspecified atom stereocenters. The van der Waals surface area contributed by atoms with Crippen LogP contribution in [-0.2, 0) is 10.6 Å². The molecule has 0 atom stereocenters. The van der Waals surface area contributed by atoms with Crippen molar-refractivity contribution in [3.63, 3.8) is 0 Å². The van der Waals surface area contributed by atoms with E-state index in [9.17, 15) is 4.79 Å². The van der Waals surface area contributed by atoms with Gasteiger partial charge in [0.05, 0.1) is 29.1 Å². The molecule has 0 aliphatic heterocycles. The van der Waals surface area contributed by atoms with E-state index < -0.39 is 5.97 Å². The van der Waals surface area contributed by atoms with Gasteiger partial charge < -0.3 is 9.72 Å². The van der Waals surface area contributed by atoms with Crippen LogP contribution in [0.2, 0.25) is 5.02 Å². The van der Waals surface area contributed by atoms with Crippen LogP contribution < -0.4 is 0 Å². The number of nitrogens with zero attached hydrogens (tertiary/aromatic N) is 1. The van der Waals surface area contributed by atoms with E-state index in [0.717, 1.165) is 0 Å². The van der Waals surface area contributed by atoms with E-state index in [1.807, 2.05) is 0 Å². The molecule has 1 heterocycles. The van der Waals surface area contributed by atoms with Crippen molar-refractivity contribution in [2.75, 3.05) is 7.11 Å². The summed E-state index contributed by atoms with van der Waals surface area (Å²) in [6.07, 6.45) is 0. The third kappa shape index (κ3) is 1.86. The number of carbonyl (C=O) groups is 1. The number of aromatic amines is 1. The number of nitrogens with one attached hydrogen (secondary N) is 1. The second-order valence-electron chi connectivity index (χ2n) is 3.16. The van der Waals surface area contributed by atoms with Crippen LogP contribution in [0, 0.1) is 0 Å². The molecule has 84 valence electrons. The van der Waals surface area contributed by atoms with Crippen LogP contribution in [0.1, 0.15) is 16.2 Å². The predicted octanol–water partition coefficient (Wildman–Crippen LogP) is 2.74. The number of hydrogen-bond donors (Lipinski definition) is 1. The molecule has 0 amide bonds. The lowest BCUT2D eigenvalue weighted by Gasteiger charge is -1.99. The van der Waals surface area contributed by atoms with Gasteiger partial charge in [0.25, 0.3) is 0 Å². The number of benzene rings is 1. The van der Waals surface area contributed by atoms with Crippen molar-refractivity contribution in [3.05, 3.63) is 28.5 Å². The minimum absolute atomic E-state index is 0.262. The summed E-state index contributed by atoms with van der Waals surface area (Å²) in [5.41, 5.74) is 1.65. The number of alkyl halides is 1. The zero-order valence-corrected chi connectivity index (χ0v) is 9.89. The number of ether oxygens (including phenoxy) is 1. The normalized spacial score (nSPS) is 10.7. The lowest BCUT2D eigenvalue weighted by molar-refractivity contribution is 0.0601. The highest BCUT2D eigenvalue weighted by atomic mass is 35.5. The number of fused-ring (bicyclic) bond motifs is 1. The van der Waals surface area contributed by atoms with Crippen LogP contribution in [0.3, 0.4) is 0 Å². The van der Waals surface area contributed by atoms with Gasteiger partial charge in [-0.2, -0.15) is 0 Å². The molecule has 0 fully saturated rings. The Morgan fingerprint density at radius 1 is 1.56 bits per heavy atom. The van der Waals surface area contributed by atoms with Crippen LogP contribution in [0.5, 0.6) is 0 Å². The molecule has 0 aliphatic carbocycles. The fraction of sp³-hybridized carbons (Fsp3) is 0.200. The highest BCUT2D eigenvalue weighted by Crippen LogP contribution is 2.24. The summed E-state index contributed by atoms with van der Waals surface area (Å²) in [5, 5.41) is 0.394. The Bertz CT molecular complexity index is 551. The van der Waals surface area contributed by atoms with Crippen LogP contribution >= 0.6 is 23.2 Å². The number of hydrogen-bond acceptors (Lipinski definition) is 3. The number of rotatable bonds is 2. The first kappa shape index (κ1) is 11.2. The van der Waals surface area contributed by atoms with E-state index in [1.165, 1.54) is 13.2 Å². The van der Waals surface area contributed by atoms with E-state index in [4.69, 9.17) is 23.2 Å². The first-order valence-electron chi connectivity index (χ1n) is 4.48. The SMILES string of the molecule is COC(=O)c1cc(Cl)c2nc(CCl)[nH]c2c1. The minimum Gasteiger partial charge on any atom is -0.465 e. The lowest BCUT2D eigenvalue weighted by atomic mass is 10.2. The van der Waals surface area contributed by atoms with Gasteiger partial charge in [-0.15, -0.1) is 11.6 Å². The van der Waals surface area contributed by atoms with Crippen molar-refractivity contribution in [2.45, 2.75) is 5.88 Å². The molecule has 4 nitrogen and oxygen atoms in total. The molecule has 0 spiro atoms. The van der Waals surface area contributed by atoms with E-state index in [1.54, 1.807) is 6.07 Å². The molecular formula is C10H8Cl2N2O2. The number of halogens is 2. The molecule has 1 N–H and O–H groups in total. The molecule has 1 aromatic carbocycles. The van der Waals surface area contributed by atoms with Gasteiger partial charge in [-0.3, -0.25) is 0 Å². The Kier molecular flexibility index (Phi) is 3.03. The summed E-state index contributed by atoms with van der Waals surface area (Å²) in [4.78, 5) is 18.5. The third-order valence-corrected chi connectivity index (χ3v) is 2.68. The molecule has 0 radical (unpaired) electrons. The second-order valence-corrected chi connectivity index (χ2v) is 3.84. The number of aromatic nitrogens is 2. The number of esters is 1. The van der Waals surface area contributed by atoms with Crippen molar-refractivity contribution in [3.8, 4) is 0 Å². The third-order valence-electron chi connectivity index (χ3n) is 2.14. The summed E-state index contributed by atoms with van der Waals surface area (Å²) in [7, 11) is 1.32. The zero-order valence-electron chi connectivity index (χ0n) is 8.38. The lowest BCUT2D eigenvalue weighted by Crippen LogP contribution is -2.00. The summed E-state index contributed by atoms with van der Waals surface area (Å²) in [5.74, 6) is 0.435. The van der Waals surface area contributed by atoms with Gasteiger partial charge >= 0.3 is 5.97 Å². The van der Waals surface area contributed by atoms with Crippen LogP contribution in [0.25, 0.3) is 11.0 Å². The maximum atomic E-state index is 11.3. The number of H-pyrrole nitrogens is 1. The van der Waals surface area contributed by atoms with Crippen LogP contribution in [-0.4, -0.2) is 23.0 Å². The fourth-order valence-electron chi connectivity index (χ4n) is 1.43. The zero-order chi connectivity index (χ0) is 11.7. The van der Waals surface area contributed by atoms with Crippen molar-refractivity contribution in [2.24, 2.45) is 0 Å². The van der Waals surface area contributed by atoms with Crippen molar-refractivity contribution >= 4 is 40.2 Å². The first-order valence-corrected chi connectivity index (χ1v) is 5.39. The molecule has 16 heavy (non-hydrogen) atoms. The van der Waals surface area contributed by atoms with Gasteiger partial charge in [-0.05, 0) is 12.1 Å². The maximum absolute atomic E-state index is 11.3. The smallest absolute Gasteiger partial charge is 0.337 e. The molecule has 0 aliphatic rings. The molecule has 1 aromatic heterocycles. The van der Waals surface area contributed by atoms with Gasteiger partial charge in [-0.1, -0.05) is 11.6 Å². The minimum atomic E-state index is -0.439. The molecule has 0 bridgehead atoms. The fourth-order valence-corrected chi connectivity index (χ4v) is 1.81. The Morgan fingerprint density at radius 3 is 2.94 bits per heavy atom. The molecule has 2 rings (SSSR count). The van der Waals surface area contributed by atoms with Crippen LogP contribution in [0.15, 0.2) is 12.1 Å². The molecular weight excluding hydrogens is 251 g/mol. The van der Waals surface area contributed by atoms with E-state index in [-0.39, 0.29) is 5.88 Å². The van der Waals surface area contributed by atoms with Crippen molar-refractivity contribution in [1.29, 1.82) is 0 Å². The number of methoxy groups -OCH3 is 1. The van der Waals surface area contributed by atoms with Gasteiger partial charge in [0.1, 0.15) is 11.3 Å². The molecule has 0 saturated heterocycles. The highest BCUT2D eigenvalue weighted by Gasteiger charge is 2.12. The Morgan fingerprint density at radius 2 is 2.31 bits per heavy atom. The average molecular weight is 259 g/mol. The molecule has 6 heteroatoms. The summed E-state index contributed by atoms with van der Waals surface area (Å²) in [6.45, 7) is 0. The van der Waals surface area contributed by atoms with Gasteiger partial charge in [0.2, 0.25) is 0 Å². The molecule has 0 saturated carbocycles. The predicted molar refractivity (Wildman–Crippen MR) is 62.0 cm³/mol. The van der Waals surface area contributed by atoms with Gasteiger partial charge in [-0.25, -0.2) is 9.78 Å². The average Bonchev–Trinajstić information content (AvgIpc) is 2.71. The summed E-state index contributed by atoms with van der Waals surface area (Å²) < 4.78 is 4.62. The quantitative estimate of drug-likeness (QED) is 0.666. The number of carbonyl (C=O) groups excluding carboxylic acids is 1. The largest absolute Gasteiger partial charge is 0.465 e. The number of imidazole rings is 1. The Labute approximate surface area is 102 Å². The summed E-state index contributed by atoms with van der Waals surface area (Å²) >= 11 is 11.7. The topological polar surface area (TPSA) is 55.0 Å². The Hall–Kier alpha value is -1.26. The second kappa shape index (κ2) is 4.31. The van der Waals surface area contributed by atoms with Crippen molar-refractivity contribution < 1.29 is 9.53 Å². The monoisotopic (exact) mass is 258 g/mol. The van der Waals surface area contributed by atoms with Gasteiger partial charge in [0, 0.05) is 0 Å². The van der Waals surface area contributed by atoms with E-state index in [2.05, 4.69) is 14.7 Å². The van der Waals surface area contributed by atoms with Crippen molar-refractivity contribution in [1.82, 2.24) is 9.97 Å². The van der Waals surface area contributed by atoms with Gasteiger partial charge in [0.15, 0.2) is 0 Å². The first-order chi connectivity index (χ1) is 7.65. The molecule has 2 aromatic rings.